The SMILES string of the molecule is COc1ccc(/C=N/c2ccc(OC)c(OC)c2)c(OC)c1. The van der Waals surface area contributed by atoms with Gasteiger partial charge in [0.05, 0.1) is 34.1 Å². The van der Waals surface area contributed by atoms with E-state index in [1.165, 1.54) is 0 Å². The molecular formula is C17H19NO4. The van der Waals surface area contributed by atoms with Crippen molar-refractivity contribution >= 4 is 11.9 Å². The highest BCUT2D eigenvalue weighted by atomic mass is 16.5. The Bertz CT molecular complexity index is 668. The molecular weight excluding hydrogens is 282 g/mol. The Morgan fingerprint density at radius 3 is 2.09 bits per heavy atom. The summed E-state index contributed by atoms with van der Waals surface area (Å²) in [6.45, 7) is 0. The Morgan fingerprint density at radius 1 is 0.727 bits per heavy atom. The smallest absolute Gasteiger partial charge is 0.162 e. The molecule has 0 fully saturated rings. The number of rotatable bonds is 6. The van der Waals surface area contributed by atoms with Crippen LogP contribution in [0.4, 0.5) is 5.69 Å². The van der Waals surface area contributed by atoms with Gasteiger partial charge in [0.2, 0.25) is 0 Å². The van der Waals surface area contributed by atoms with Gasteiger partial charge in [0, 0.05) is 23.9 Å². The van der Waals surface area contributed by atoms with Crippen LogP contribution in [0.25, 0.3) is 0 Å². The molecule has 0 saturated heterocycles. The van der Waals surface area contributed by atoms with E-state index in [0.717, 1.165) is 17.0 Å². The van der Waals surface area contributed by atoms with E-state index in [0.29, 0.717) is 17.2 Å². The van der Waals surface area contributed by atoms with E-state index >= 15 is 0 Å². The van der Waals surface area contributed by atoms with Gasteiger partial charge in [0.25, 0.3) is 0 Å². The molecule has 0 bridgehead atoms. The van der Waals surface area contributed by atoms with Crippen LogP contribution in [0.2, 0.25) is 0 Å². The number of nitrogens with zero attached hydrogens (tertiary/aromatic N) is 1. The van der Waals surface area contributed by atoms with Gasteiger partial charge in [-0.25, -0.2) is 0 Å². The number of ether oxygens (including phenoxy) is 4. The Labute approximate surface area is 130 Å². The second kappa shape index (κ2) is 7.36. The van der Waals surface area contributed by atoms with E-state index in [1.54, 1.807) is 34.7 Å². The lowest BCUT2D eigenvalue weighted by Crippen LogP contribution is -1.92. The van der Waals surface area contributed by atoms with Crippen LogP contribution in [0.15, 0.2) is 41.4 Å². The minimum Gasteiger partial charge on any atom is -0.497 e. The third-order valence-electron chi connectivity index (χ3n) is 3.16. The van der Waals surface area contributed by atoms with Crippen molar-refractivity contribution in [3.63, 3.8) is 0 Å². The molecule has 0 atom stereocenters. The minimum absolute atomic E-state index is 0.638. The predicted molar refractivity (Wildman–Crippen MR) is 86.3 cm³/mol. The van der Waals surface area contributed by atoms with Crippen molar-refractivity contribution in [2.45, 2.75) is 0 Å². The van der Waals surface area contributed by atoms with Gasteiger partial charge >= 0.3 is 0 Å². The van der Waals surface area contributed by atoms with Crippen LogP contribution < -0.4 is 18.9 Å². The van der Waals surface area contributed by atoms with E-state index in [1.807, 2.05) is 36.4 Å². The molecule has 0 heterocycles. The molecule has 0 aliphatic carbocycles. The van der Waals surface area contributed by atoms with Crippen molar-refractivity contribution in [2.75, 3.05) is 28.4 Å². The van der Waals surface area contributed by atoms with Crippen LogP contribution in [0.3, 0.4) is 0 Å². The first-order valence-corrected chi connectivity index (χ1v) is 6.70. The molecule has 2 rings (SSSR count). The first kappa shape index (κ1) is 15.7. The molecule has 2 aromatic carbocycles. The lowest BCUT2D eigenvalue weighted by molar-refractivity contribution is 0.355. The van der Waals surface area contributed by atoms with Gasteiger partial charge in [-0.15, -0.1) is 0 Å². The summed E-state index contributed by atoms with van der Waals surface area (Å²) >= 11 is 0. The predicted octanol–water partition coefficient (Wildman–Crippen LogP) is 3.47. The van der Waals surface area contributed by atoms with E-state index in [4.69, 9.17) is 18.9 Å². The summed E-state index contributed by atoms with van der Waals surface area (Å²) in [6, 6.07) is 11.0. The third kappa shape index (κ3) is 3.49. The molecule has 0 unspecified atom stereocenters. The molecule has 0 aromatic heterocycles. The van der Waals surface area contributed by atoms with Gasteiger partial charge in [0.15, 0.2) is 11.5 Å². The van der Waals surface area contributed by atoms with Crippen molar-refractivity contribution in [3.05, 3.63) is 42.0 Å². The molecule has 5 heteroatoms. The Morgan fingerprint density at radius 2 is 1.45 bits per heavy atom. The summed E-state index contributed by atoms with van der Waals surface area (Å²) in [5, 5.41) is 0. The van der Waals surface area contributed by atoms with E-state index in [2.05, 4.69) is 4.99 Å². The molecule has 22 heavy (non-hydrogen) atoms. The number of aliphatic imine (C=N–C) groups is 1. The minimum atomic E-state index is 0.638. The quantitative estimate of drug-likeness (QED) is 0.767. The van der Waals surface area contributed by atoms with Crippen molar-refractivity contribution in [2.24, 2.45) is 4.99 Å². The highest BCUT2D eigenvalue weighted by molar-refractivity contribution is 5.86. The lowest BCUT2D eigenvalue weighted by atomic mass is 10.2. The molecule has 0 spiro atoms. The van der Waals surface area contributed by atoms with Gasteiger partial charge in [-0.2, -0.15) is 0 Å². The van der Waals surface area contributed by atoms with Gasteiger partial charge in [0.1, 0.15) is 11.5 Å². The Balaban J connectivity index is 2.28. The third-order valence-corrected chi connectivity index (χ3v) is 3.16. The molecule has 116 valence electrons. The second-order valence-electron chi connectivity index (χ2n) is 4.41. The Hall–Kier alpha value is -2.69. The van der Waals surface area contributed by atoms with Crippen LogP contribution in [-0.4, -0.2) is 34.7 Å². The van der Waals surface area contributed by atoms with Crippen LogP contribution >= 0.6 is 0 Å². The molecule has 0 amide bonds. The topological polar surface area (TPSA) is 49.3 Å². The molecule has 2 aromatic rings. The van der Waals surface area contributed by atoms with Crippen LogP contribution in [0.5, 0.6) is 23.0 Å². The Kier molecular flexibility index (Phi) is 5.25. The van der Waals surface area contributed by atoms with Crippen molar-refractivity contribution < 1.29 is 18.9 Å². The zero-order chi connectivity index (χ0) is 15.9. The highest BCUT2D eigenvalue weighted by Crippen LogP contribution is 2.31. The summed E-state index contributed by atoms with van der Waals surface area (Å²) < 4.78 is 21.0. The van der Waals surface area contributed by atoms with Gasteiger partial charge in [-0.3, -0.25) is 4.99 Å². The fourth-order valence-corrected chi connectivity index (χ4v) is 1.97. The summed E-state index contributed by atoms with van der Waals surface area (Å²) in [5.74, 6) is 2.74. The maximum atomic E-state index is 5.34. The fourth-order valence-electron chi connectivity index (χ4n) is 1.97. The molecule has 5 nitrogen and oxygen atoms in total. The monoisotopic (exact) mass is 301 g/mol. The molecule has 0 saturated carbocycles. The van der Waals surface area contributed by atoms with Crippen molar-refractivity contribution in [3.8, 4) is 23.0 Å². The number of hydrogen-bond donors (Lipinski definition) is 0. The average Bonchev–Trinajstić information content (AvgIpc) is 2.59. The summed E-state index contributed by atoms with van der Waals surface area (Å²) in [4.78, 5) is 4.44. The number of benzene rings is 2. The zero-order valence-electron chi connectivity index (χ0n) is 13.1. The number of hydrogen-bond acceptors (Lipinski definition) is 5. The first-order valence-electron chi connectivity index (χ1n) is 6.70. The maximum absolute atomic E-state index is 5.34. The molecule has 0 radical (unpaired) electrons. The average molecular weight is 301 g/mol. The van der Waals surface area contributed by atoms with E-state index in [-0.39, 0.29) is 0 Å². The lowest BCUT2D eigenvalue weighted by Gasteiger charge is -2.08. The van der Waals surface area contributed by atoms with Crippen molar-refractivity contribution in [1.82, 2.24) is 0 Å². The highest BCUT2D eigenvalue weighted by Gasteiger charge is 2.05. The zero-order valence-corrected chi connectivity index (χ0v) is 13.1. The molecule has 0 N–H and O–H groups in total. The standard InChI is InChI=1S/C17H19NO4/c1-19-14-7-5-12(16(10-14)21-3)11-18-13-6-8-15(20-2)17(9-13)22-4/h5-11H,1-4H3/b18-11+. The second-order valence-corrected chi connectivity index (χ2v) is 4.41. The van der Waals surface area contributed by atoms with Crippen molar-refractivity contribution in [1.29, 1.82) is 0 Å². The van der Waals surface area contributed by atoms with E-state index < -0.39 is 0 Å². The normalized spacial score (nSPS) is 10.5. The van der Waals surface area contributed by atoms with Gasteiger partial charge in [-0.05, 0) is 24.3 Å². The van der Waals surface area contributed by atoms with E-state index in [9.17, 15) is 0 Å². The fraction of sp³-hybridized carbons (Fsp3) is 0.235. The summed E-state index contributed by atoms with van der Waals surface area (Å²) in [6.07, 6.45) is 1.74. The van der Waals surface area contributed by atoms with Gasteiger partial charge in [-0.1, -0.05) is 0 Å². The van der Waals surface area contributed by atoms with Crippen LogP contribution in [0, 0.1) is 0 Å². The number of methoxy groups -OCH3 is 4. The van der Waals surface area contributed by atoms with Crippen LogP contribution in [-0.2, 0) is 0 Å². The van der Waals surface area contributed by atoms with Crippen LogP contribution in [0.1, 0.15) is 5.56 Å². The summed E-state index contributed by atoms with van der Waals surface area (Å²) in [5.41, 5.74) is 1.62. The summed E-state index contributed by atoms with van der Waals surface area (Å²) in [7, 11) is 6.43. The van der Waals surface area contributed by atoms with Gasteiger partial charge < -0.3 is 18.9 Å². The molecule has 0 aliphatic rings. The largest absolute Gasteiger partial charge is 0.497 e. The first-order chi connectivity index (χ1) is 10.7. The maximum Gasteiger partial charge on any atom is 0.162 e. The molecule has 0 aliphatic heterocycles.